The number of benzene rings is 2. The van der Waals surface area contributed by atoms with Crippen molar-refractivity contribution in [1.82, 2.24) is 29.1 Å². The van der Waals surface area contributed by atoms with Crippen LogP contribution in [0.3, 0.4) is 0 Å². The molecule has 2 aromatic carbocycles. The van der Waals surface area contributed by atoms with Crippen LogP contribution in [-0.4, -0.2) is 67.2 Å². The molecule has 10 nitrogen and oxygen atoms in total. The summed E-state index contributed by atoms with van der Waals surface area (Å²) in [7, 11) is 0. The van der Waals surface area contributed by atoms with Gasteiger partial charge in [0.15, 0.2) is 5.82 Å². The first-order valence-corrected chi connectivity index (χ1v) is 18.3. The summed E-state index contributed by atoms with van der Waals surface area (Å²) in [4.78, 5) is 38.3. The van der Waals surface area contributed by atoms with Gasteiger partial charge in [-0.25, -0.2) is 4.98 Å². The second-order valence-electron chi connectivity index (χ2n) is 13.3. The van der Waals surface area contributed by atoms with Crippen molar-refractivity contribution in [2.45, 2.75) is 83.7 Å². The van der Waals surface area contributed by atoms with Crippen LogP contribution in [0.5, 0.6) is 0 Å². The Morgan fingerprint density at radius 1 is 1.02 bits per heavy atom. The molecule has 7 rings (SSSR count). The fourth-order valence-corrected chi connectivity index (χ4v) is 7.61. The van der Waals surface area contributed by atoms with Gasteiger partial charge in [-0.05, 0) is 75.7 Å². The Kier molecular flexibility index (Phi) is 9.64. The van der Waals surface area contributed by atoms with Crippen molar-refractivity contribution in [3.63, 3.8) is 0 Å². The number of carbonyl (C=O) groups excluding carboxylic acids is 1. The van der Waals surface area contributed by atoms with Crippen LogP contribution in [0.2, 0.25) is 0 Å². The van der Waals surface area contributed by atoms with Crippen molar-refractivity contribution < 1.29 is 9.32 Å². The SMILES string of the molecule is CCCCc1nc(C)c(CC(=O)N2CCN(C3CC3)CC2)c(=O)n1Cc1cn(-c2ccccc2SNc2noc(C)c2C)c2ccccc12. The number of rotatable bonds is 12. The van der Waals surface area contributed by atoms with Gasteiger partial charge in [-0.3, -0.25) is 19.1 Å². The van der Waals surface area contributed by atoms with Gasteiger partial charge in [0.2, 0.25) is 5.91 Å². The first kappa shape index (κ1) is 33.2. The minimum absolute atomic E-state index is 0.0144. The van der Waals surface area contributed by atoms with Gasteiger partial charge >= 0.3 is 0 Å². The molecule has 1 N–H and O–H groups in total. The van der Waals surface area contributed by atoms with E-state index in [0.29, 0.717) is 36.1 Å². The van der Waals surface area contributed by atoms with Crippen molar-refractivity contribution >= 4 is 34.6 Å². The summed E-state index contributed by atoms with van der Waals surface area (Å²) in [6.45, 7) is 11.5. The molecule has 0 atom stereocenters. The molecule has 49 heavy (non-hydrogen) atoms. The molecule has 1 aliphatic heterocycles. The molecule has 1 aliphatic carbocycles. The van der Waals surface area contributed by atoms with Gasteiger partial charge in [-0.2, -0.15) is 0 Å². The third-order valence-corrected chi connectivity index (χ3v) is 10.9. The molecule has 2 aliphatic rings. The molecule has 2 fully saturated rings. The van der Waals surface area contributed by atoms with E-state index in [1.54, 1.807) is 0 Å². The number of anilines is 1. The summed E-state index contributed by atoms with van der Waals surface area (Å²) >= 11 is 1.49. The summed E-state index contributed by atoms with van der Waals surface area (Å²) in [6.07, 6.45) is 7.39. The zero-order valence-electron chi connectivity index (χ0n) is 28.9. The average Bonchev–Trinajstić information content (AvgIpc) is 3.84. The van der Waals surface area contributed by atoms with E-state index in [4.69, 9.17) is 9.51 Å². The highest BCUT2D eigenvalue weighted by Crippen LogP contribution is 2.33. The maximum Gasteiger partial charge on any atom is 0.257 e. The average molecular weight is 680 g/mol. The van der Waals surface area contributed by atoms with Crippen molar-refractivity contribution in [3.8, 4) is 5.69 Å². The Morgan fingerprint density at radius 2 is 1.78 bits per heavy atom. The molecule has 5 aromatic rings. The first-order chi connectivity index (χ1) is 23.8. The van der Waals surface area contributed by atoms with Crippen LogP contribution in [0.25, 0.3) is 16.6 Å². The number of hydrogen-bond donors (Lipinski definition) is 1. The van der Waals surface area contributed by atoms with E-state index in [9.17, 15) is 9.59 Å². The lowest BCUT2D eigenvalue weighted by molar-refractivity contribution is -0.132. The normalized spacial score (nSPS) is 15.3. The number of amides is 1. The van der Waals surface area contributed by atoms with Crippen LogP contribution >= 0.6 is 11.9 Å². The standard InChI is InChI=1S/C38H45N7O3S/c1-5-6-15-35-39-26(3)31(22-36(46)43-20-18-42(19-21-43)29-16-17-29)38(47)45(35)24-28-23-44(32-12-8-7-11-30(28)32)33-13-9-10-14-34(33)49-41-37-25(2)27(4)48-40-37/h7-14,23,29H,5-6,15-22,24H2,1-4H3,(H,40,41). The van der Waals surface area contributed by atoms with Crippen LogP contribution in [0.15, 0.2) is 68.9 Å². The summed E-state index contributed by atoms with van der Waals surface area (Å²) in [6, 6.07) is 17.2. The first-order valence-electron chi connectivity index (χ1n) is 17.5. The third-order valence-electron chi connectivity index (χ3n) is 10.0. The van der Waals surface area contributed by atoms with Gasteiger partial charge in [0.05, 0.1) is 29.1 Å². The number of fused-ring (bicyclic) bond motifs is 1. The smallest absolute Gasteiger partial charge is 0.257 e. The second-order valence-corrected chi connectivity index (χ2v) is 14.2. The summed E-state index contributed by atoms with van der Waals surface area (Å²) in [5.74, 6) is 2.28. The van der Waals surface area contributed by atoms with E-state index in [1.807, 2.05) is 54.5 Å². The van der Waals surface area contributed by atoms with Gasteiger partial charge in [0, 0.05) is 67.0 Å². The topological polar surface area (TPSA) is 101 Å². The monoisotopic (exact) mass is 679 g/mol. The van der Waals surface area contributed by atoms with Crippen molar-refractivity contribution in [3.05, 3.63) is 99.1 Å². The largest absolute Gasteiger partial charge is 0.359 e. The summed E-state index contributed by atoms with van der Waals surface area (Å²) < 4.78 is 12.7. The fourth-order valence-electron chi connectivity index (χ4n) is 6.79. The molecule has 0 bridgehead atoms. The molecule has 256 valence electrons. The van der Waals surface area contributed by atoms with E-state index in [-0.39, 0.29) is 17.9 Å². The number of nitrogens with zero attached hydrogens (tertiary/aromatic N) is 6. The van der Waals surface area contributed by atoms with E-state index in [1.165, 1.54) is 24.8 Å². The highest BCUT2D eigenvalue weighted by Gasteiger charge is 2.32. The van der Waals surface area contributed by atoms with Gasteiger partial charge in [-0.15, -0.1) is 0 Å². The fraction of sp³-hybridized carbons (Fsp3) is 0.421. The number of carbonyl (C=O) groups is 1. The molecule has 11 heteroatoms. The third kappa shape index (κ3) is 6.91. The molecule has 0 spiro atoms. The number of nitrogens with one attached hydrogen (secondary N) is 1. The number of aromatic nitrogens is 4. The number of aryl methyl sites for hydroxylation is 3. The quantitative estimate of drug-likeness (QED) is 0.150. The lowest BCUT2D eigenvalue weighted by Crippen LogP contribution is -2.50. The van der Waals surface area contributed by atoms with Crippen LogP contribution < -0.4 is 10.3 Å². The van der Waals surface area contributed by atoms with Crippen LogP contribution in [0.1, 0.15) is 66.6 Å². The minimum atomic E-state index is -0.112. The predicted molar refractivity (Wildman–Crippen MR) is 195 cm³/mol. The summed E-state index contributed by atoms with van der Waals surface area (Å²) in [5.41, 5.74) is 5.11. The number of hydrogen-bond acceptors (Lipinski definition) is 8. The zero-order valence-corrected chi connectivity index (χ0v) is 29.7. The Hall–Kier alpha value is -4.35. The van der Waals surface area contributed by atoms with E-state index in [0.717, 1.165) is 83.2 Å². The van der Waals surface area contributed by atoms with Gasteiger partial charge in [0.1, 0.15) is 11.6 Å². The molecule has 0 radical (unpaired) electrons. The predicted octanol–water partition coefficient (Wildman–Crippen LogP) is 6.46. The number of para-hydroxylation sites is 2. The van der Waals surface area contributed by atoms with Crippen LogP contribution in [0.4, 0.5) is 5.82 Å². The maximum atomic E-state index is 14.4. The van der Waals surface area contributed by atoms with Crippen molar-refractivity contribution in [2.75, 3.05) is 30.9 Å². The highest BCUT2D eigenvalue weighted by molar-refractivity contribution is 8.00. The van der Waals surface area contributed by atoms with Gasteiger partial charge in [-0.1, -0.05) is 48.8 Å². The molecular weight excluding hydrogens is 635 g/mol. The van der Waals surface area contributed by atoms with Gasteiger partial charge < -0.3 is 18.7 Å². The van der Waals surface area contributed by atoms with Crippen molar-refractivity contribution in [2.24, 2.45) is 0 Å². The Bertz CT molecular complexity index is 2030. The molecule has 1 saturated carbocycles. The van der Waals surface area contributed by atoms with Crippen molar-refractivity contribution in [1.29, 1.82) is 0 Å². The molecule has 1 amide bonds. The van der Waals surface area contributed by atoms with Gasteiger partial charge in [0.25, 0.3) is 5.56 Å². The molecule has 4 heterocycles. The van der Waals surface area contributed by atoms with Crippen LogP contribution in [-0.2, 0) is 24.2 Å². The molecule has 1 saturated heterocycles. The number of unbranched alkanes of at least 4 members (excludes halogenated alkanes) is 1. The lowest BCUT2D eigenvalue weighted by atomic mass is 10.1. The maximum absolute atomic E-state index is 14.4. The summed E-state index contributed by atoms with van der Waals surface area (Å²) in [5, 5.41) is 5.23. The Labute approximate surface area is 291 Å². The molecular formula is C38H45N7O3S. The van der Waals surface area contributed by atoms with E-state index >= 15 is 0 Å². The highest BCUT2D eigenvalue weighted by atomic mass is 32.2. The Balaban J connectivity index is 1.20. The number of piperazine rings is 1. The second kappa shape index (κ2) is 14.2. The molecule has 3 aromatic heterocycles. The lowest BCUT2D eigenvalue weighted by Gasteiger charge is -2.35. The Morgan fingerprint density at radius 3 is 2.51 bits per heavy atom. The van der Waals surface area contributed by atoms with E-state index in [2.05, 4.69) is 56.7 Å². The molecule has 0 unspecified atom stereocenters. The minimum Gasteiger partial charge on any atom is -0.359 e. The zero-order chi connectivity index (χ0) is 34.1. The van der Waals surface area contributed by atoms with E-state index < -0.39 is 0 Å². The van der Waals surface area contributed by atoms with Crippen LogP contribution in [0, 0.1) is 20.8 Å².